The Bertz CT molecular complexity index is 918. The number of aryl methyl sites for hydroxylation is 1. The monoisotopic (exact) mass is 438 g/mol. The highest BCUT2D eigenvalue weighted by atomic mass is 19.2. The highest BCUT2D eigenvalue weighted by Crippen LogP contribution is 2.26. The summed E-state index contributed by atoms with van der Waals surface area (Å²) in [4.78, 5) is 12.3. The lowest BCUT2D eigenvalue weighted by molar-refractivity contribution is 0.291. The van der Waals surface area contributed by atoms with Crippen molar-refractivity contribution in [2.75, 3.05) is 6.61 Å². The van der Waals surface area contributed by atoms with Crippen molar-refractivity contribution < 1.29 is 22.3 Å². The second-order valence-electron chi connectivity index (χ2n) is 7.87. The standard InChI is InChI=1S/C25H33F3O3/c1-3-5-6-7-8-9-16-30-22-15-14-18-17-19(31-25(29)23(18)24(22)28)12-10-13-21(27)20(26)11-4-2/h14-15,17H,3-13,16H2,1-2H3/b21-20-. The molecule has 2 rings (SSSR count). The summed E-state index contributed by atoms with van der Waals surface area (Å²) < 4.78 is 52.6. The van der Waals surface area contributed by atoms with Crippen molar-refractivity contribution in [2.24, 2.45) is 0 Å². The fraction of sp³-hybridized carbons (Fsp3) is 0.560. The molecule has 0 aliphatic rings. The summed E-state index contributed by atoms with van der Waals surface area (Å²) in [5, 5.41) is 0.258. The van der Waals surface area contributed by atoms with Gasteiger partial charge in [-0.2, -0.15) is 0 Å². The van der Waals surface area contributed by atoms with Gasteiger partial charge in [-0.25, -0.2) is 18.0 Å². The third-order valence-corrected chi connectivity index (χ3v) is 5.22. The fourth-order valence-electron chi connectivity index (χ4n) is 3.48. The number of benzene rings is 1. The molecule has 1 aromatic heterocycles. The van der Waals surface area contributed by atoms with E-state index in [0.717, 1.165) is 19.3 Å². The molecule has 0 N–H and O–H groups in total. The molecule has 3 nitrogen and oxygen atoms in total. The van der Waals surface area contributed by atoms with Gasteiger partial charge in [0, 0.05) is 19.3 Å². The first-order chi connectivity index (χ1) is 15.0. The lowest BCUT2D eigenvalue weighted by Crippen LogP contribution is -2.07. The fourth-order valence-corrected chi connectivity index (χ4v) is 3.48. The normalized spacial score (nSPS) is 12.3. The molecule has 0 aliphatic heterocycles. The van der Waals surface area contributed by atoms with Crippen LogP contribution in [0.15, 0.2) is 39.1 Å². The van der Waals surface area contributed by atoms with Gasteiger partial charge in [-0.3, -0.25) is 0 Å². The molecule has 0 unspecified atom stereocenters. The third kappa shape index (κ3) is 7.75. The van der Waals surface area contributed by atoms with Gasteiger partial charge in [-0.15, -0.1) is 0 Å². The average molecular weight is 439 g/mol. The first-order valence-corrected chi connectivity index (χ1v) is 11.4. The van der Waals surface area contributed by atoms with Crippen LogP contribution >= 0.6 is 0 Å². The Hall–Kier alpha value is -2.24. The SMILES string of the molecule is CCCCCCCCOc1ccc2cc(CCC/C(F)=C(/F)CCC)oc(=O)c2c1F. The predicted octanol–water partition coefficient (Wildman–Crippen LogP) is 7.94. The maximum absolute atomic E-state index is 14.8. The molecule has 0 saturated heterocycles. The maximum atomic E-state index is 14.8. The summed E-state index contributed by atoms with van der Waals surface area (Å²) >= 11 is 0. The van der Waals surface area contributed by atoms with Gasteiger partial charge in [0.2, 0.25) is 0 Å². The van der Waals surface area contributed by atoms with E-state index in [1.807, 2.05) is 0 Å². The maximum Gasteiger partial charge on any atom is 0.346 e. The van der Waals surface area contributed by atoms with Crippen molar-refractivity contribution in [3.63, 3.8) is 0 Å². The Morgan fingerprint density at radius 3 is 2.39 bits per heavy atom. The minimum absolute atomic E-state index is 0.0414. The molecule has 1 aromatic carbocycles. The summed E-state index contributed by atoms with van der Waals surface area (Å²) in [6, 6.07) is 4.71. The minimum Gasteiger partial charge on any atom is -0.490 e. The smallest absolute Gasteiger partial charge is 0.346 e. The van der Waals surface area contributed by atoms with E-state index >= 15 is 0 Å². The van der Waals surface area contributed by atoms with Crippen LogP contribution in [-0.2, 0) is 6.42 Å². The molecule has 0 amide bonds. The molecule has 0 bridgehead atoms. The second-order valence-corrected chi connectivity index (χ2v) is 7.87. The molecule has 0 radical (unpaired) electrons. The van der Waals surface area contributed by atoms with Crippen LogP contribution in [0.25, 0.3) is 10.8 Å². The van der Waals surface area contributed by atoms with Crippen LogP contribution in [0.4, 0.5) is 13.2 Å². The molecule has 172 valence electrons. The van der Waals surface area contributed by atoms with Crippen LogP contribution in [0.5, 0.6) is 5.75 Å². The molecule has 0 fully saturated rings. The minimum atomic E-state index is -0.789. The zero-order valence-electron chi connectivity index (χ0n) is 18.6. The molecule has 0 aliphatic carbocycles. The molecular weight excluding hydrogens is 405 g/mol. The van der Waals surface area contributed by atoms with E-state index in [0.29, 0.717) is 30.6 Å². The number of halogens is 3. The molecule has 31 heavy (non-hydrogen) atoms. The predicted molar refractivity (Wildman–Crippen MR) is 118 cm³/mol. The van der Waals surface area contributed by atoms with E-state index < -0.39 is 23.1 Å². The van der Waals surface area contributed by atoms with Crippen LogP contribution in [0.2, 0.25) is 0 Å². The van der Waals surface area contributed by atoms with Crippen molar-refractivity contribution in [3.8, 4) is 5.75 Å². The van der Waals surface area contributed by atoms with E-state index in [9.17, 15) is 18.0 Å². The van der Waals surface area contributed by atoms with Crippen molar-refractivity contribution in [1.29, 1.82) is 0 Å². The molecule has 6 heteroatoms. The van der Waals surface area contributed by atoms with Gasteiger partial charge in [0.1, 0.15) is 22.8 Å². The summed E-state index contributed by atoms with van der Waals surface area (Å²) in [6.07, 6.45) is 7.71. The van der Waals surface area contributed by atoms with Crippen molar-refractivity contribution in [1.82, 2.24) is 0 Å². The van der Waals surface area contributed by atoms with E-state index in [4.69, 9.17) is 9.15 Å². The summed E-state index contributed by atoms with van der Waals surface area (Å²) in [5.74, 6) is -1.85. The lowest BCUT2D eigenvalue weighted by Gasteiger charge is -2.09. The Kier molecular flexibility index (Phi) is 10.7. The quantitative estimate of drug-likeness (QED) is 0.281. The number of allylic oxidation sites excluding steroid dienone is 2. The van der Waals surface area contributed by atoms with Gasteiger partial charge in [0.15, 0.2) is 11.6 Å². The Balaban J connectivity index is 1.98. The highest BCUT2D eigenvalue weighted by Gasteiger charge is 2.15. The largest absolute Gasteiger partial charge is 0.490 e. The van der Waals surface area contributed by atoms with E-state index in [2.05, 4.69) is 6.92 Å². The number of fused-ring (bicyclic) bond motifs is 1. The van der Waals surface area contributed by atoms with Gasteiger partial charge < -0.3 is 9.15 Å². The topological polar surface area (TPSA) is 39.4 Å². The van der Waals surface area contributed by atoms with Crippen molar-refractivity contribution >= 4 is 10.8 Å². The number of rotatable bonds is 14. The van der Waals surface area contributed by atoms with Crippen LogP contribution in [-0.4, -0.2) is 6.61 Å². The summed E-state index contributed by atoms with van der Waals surface area (Å²) in [6.45, 7) is 4.34. The van der Waals surface area contributed by atoms with E-state index in [1.54, 1.807) is 19.1 Å². The Labute approximate surface area is 182 Å². The van der Waals surface area contributed by atoms with E-state index in [1.165, 1.54) is 25.3 Å². The molecule has 0 saturated carbocycles. The lowest BCUT2D eigenvalue weighted by atomic mass is 10.1. The first kappa shape index (κ1) is 25.0. The van der Waals surface area contributed by atoms with Gasteiger partial charge in [0.05, 0.1) is 6.61 Å². The average Bonchev–Trinajstić information content (AvgIpc) is 2.74. The molecule has 2 aromatic rings. The van der Waals surface area contributed by atoms with Crippen LogP contribution < -0.4 is 10.4 Å². The van der Waals surface area contributed by atoms with Crippen molar-refractivity contribution in [3.05, 3.63) is 51.9 Å². The zero-order chi connectivity index (χ0) is 22.6. The van der Waals surface area contributed by atoms with Gasteiger partial charge >= 0.3 is 5.63 Å². The first-order valence-electron chi connectivity index (χ1n) is 11.4. The van der Waals surface area contributed by atoms with Gasteiger partial charge in [-0.05, 0) is 36.8 Å². The highest BCUT2D eigenvalue weighted by molar-refractivity contribution is 5.83. The molecule has 1 heterocycles. The van der Waals surface area contributed by atoms with Crippen LogP contribution in [0.3, 0.4) is 0 Å². The third-order valence-electron chi connectivity index (χ3n) is 5.22. The van der Waals surface area contributed by atoms with Gasteiger partial charge in [-0.1, -0.05) is 52.0 Å². The number of hydrogen-bond donors (Lipinski definition) is 0. The summed E-state index contributed by atoms with van der Waals surface area (Å²) in [5.41, 5.74) is -0.789. The van der Waals surface area contributed by atoms with Crippen LogP contribution in [0, 0.1) is 5.82 Å². The zero-order valence-corrected chi connectivity index (χ0v) is 18.6. The van der Waals surface area contributed by atoms with Crippen LogP contribution in [0.1, 0.15) is 83.8 Å². The number of ether oxygens (including phenoxy) is 1. The number of unbranched alkanes of at least 4 members (excludes halogenated alkanes) is 5. The second kappa shape index (κ2) is 13.2. The Morgan fingerprint density at radius 1 is 0.935 bits per heavy atom. The van der Waals surface area contributed by atoms with E-state index in [-0.39, 0.29) is 30.4 Å². The summed E-state index contributed by atoms with van der Waals surface area (Å²) in [7, 11) is 0. The Morgan fingerprint density at radius 2 is 1.65 bits per heavy atom. The van der Waals surface area contributed by atoms with Crippen molar-refractivity contribution in [2.45, 2.75) is 84.5 Å². The van der Waals surface area contributed by atoms with Gasteiger partial charge in [0.25, 0.3) is 0 Å². The molecule has 0 spiro atoms. The molecule has 0 atom stereocenters. The molecular formula is C25H33F3O3. The number of hydrogen-bond acceptors (Lipinski definition) is 3.